The standard InChI is InChI=1S/C12H21N3O/c1-3-13-7-11-8-14-9-15(11)10-4-5-12(6-10)16-2/h8-10,12-13H,3-7H2,1-2H3. The van der Waals surface area contributed by atoms with Crippen molar-refractivity contribution in [3.8, 4) is 0 Å². The molecule has 4 nitrogen and oxygen atoms in total. The number of hydrogen-bond acceptors (Lipinski definition) is 3. The van der Waals surface area contributed by atoms with Crippen molar-refractivity contribution < 1.29 is 4.74 Å². The van der Waals surface area contributed by atoms with Crippen LogP contribution in [0, 0.1) is 0 Å². The van der Waals surface area contributed by atoms with Crippen molar-refractivity contribution in [3.63, 3.8) is 0 Å². The zero-order chi connectivity index (χ0) is 11.4. The summed E-state index contributed by atoms with van der Waals surface area (Å²) in [5, 5.41) is 3.35. The molecule has 2 atom stereocenters. The highest BCUT2D eigenvalue weighted by Gasteiger charge is 2.26. The molecule has 2 rings (SSSR count). The second-order valence-electron chi connectivity index (χ2n) is 4.40. The Hall–Kier alpha value is -0.870. The first-order valence-corrected chi connectivity index (χ1v) is 6.09. The molecule has 90 valence electrons. The normalized spacial score (nSPS) is 25.1. The van der Waals surface area contributed by atoms with Gasteiger partial charge in [0.1, 0.15) is 0 Å². The van der Waals surface area contributed by atoms with Crippen molar-refractivity contribution in [1.29, 1.82) is 0 Å². The van der Waals surface area contributed by atoms with Crippen molar-refractivity contribution in [2.24, 2.45) is 0 Å². The molecule has 4 heteroatoms. The molecule has 1 aromatic heterocycles. The van der Waals surface area contributed by atoms with Crippen LogP contribution in [0.3, 0.4) is 0 Å². The predicted octanol–water partition coefficient (Wildman–Crippen LogP) is 1.73. The number of methoxy groups -OCH3 is 1. The molecular formula is C12H21N3O. The van der Waals surface area contributed by atoms with E-state index in [1.807, 2.05) is 12.5 Å². The Kier molecular flexibility index (Phi) is 3.96. The smallest absolute Gasteiger partial charge is 0.0951 e. The summed E-state index contributed by atoms with van der Waals surface area (Å²) in [6, 6.07) is 0.570. The van der Waals surface area contributed by atoms with Gasteiger partial charge in [-0.15, -0.1) is 0 Å². The van der Waals surface area contributed by atoms with E-state index >= 15 is 0 Å². The van der Waals surface area contributed by atoms with Crippen LogP contribution < -0.4 is 5.32 Å². The van der Waals surface area contributed by atoms with Gasteiger partial charge >= 0.3 is 0 Å². The zero-order valence-electron chi connectivity index (χ0n) is 10.1. The summed E-state index contributed by atoms with van der Waals surface area (Å²) in [4.78, 5) is 4.25. The summed E-state index contributed by atoms with van der Waals surface area (Å²) in [6.07, 6.45) is 7.83. The maximum Gasteiger partial charge on any atom is 0.0951 e. The summed E-state index contributed by atoms with van der Waals surface area (Å²) in [5.41, 5.74) is 1.28. The molecule has 0 spiro atoms. The van der Waals surface area contributed by atoms with E-state index in [2.05, 4.69) is 21.8 Å². The SMILES string of the molecule is CCNCc1cncn1C1CCC(OC)C1. The average molecular weight is 223 g/mol. The van der Waals surface area contributed by atoms with Crippen LogP contribution in [0.5, 0.6) is 0 Å². The Balaban J connectivity index is 2.00. The molecule has 0 radical (unpaired) electrons. The third kappa shape index (κ3) is 2.44. The monoisotopic (exact) mass is 223 g/mol. The molecule has 1 saturated carbocycles. The maximum atomic E-state index is 5.41. The molecule has 0 amide bonds. The first kappa shape index (κ1) is 11.6. The fourth-order valence-electron chi connectivity index (χ4n) is 2.43. The van der Waals surface area contributed by atoms with Crippen molar-refractivity contribution in [1.82, 2.24) is 14.9 Å². The molecule has 1 fully saturated rings. The van der Waals surface area contributed by atoms with Crippen LogP contribution in [-0.4, -0.2) is 29.3 Å². The highest BCUT2D eigenvalue weighted by molar-refractivity contribution is 5.01. The minimum absolute atomic E-state index is 0.430. The van der Waals surface area contributed by atoms with Crippen molar-refractivity contribution in [2.75, 3.05) is 13.7 Å². The first-order chi connectivity index (χ1) is 7.85. The van der Waals surface area contributed by atoms with Crippen molar-refractivity contribution >= 4 is 0 Å². The van der Waals surface area contributed by atoms with Crippen molar-refractivity contribution in [3.05, 3.63) is 18.2 Å². The van der Waals surface area contributed by atoms with Crippen LogP contribution in [0.1, 0.15) is 37.9 Å². The Morgan fingerprint density at radius 3 is 3.12 bits per heavy atom. The highest BCUT2D eigenvalue weighted by atomic mass is 16.5. The lowest BCUT2D eigenvalue weighted by Crippen LogP contribution is -2.17. The van der Waals surface area contributed by atoms with Gasteiger partial charge in [-0.25, -0.2) is 4.98 Å². The molecule has 1 aliphatic rings. The van der Waals surface area contributed by atoms with Crippen LogP contribution in [0.2, 0.25) is 0 Å². The quantitative estimate of drug-likeness (QED) is 0.826. The summed E-state index contributed by atoms with van der Waals surface area (Å²) in [5.74, 6) is 0. The second-order valence-corrected chi connectivity index (χ2v) is 4.40. The summed E-state index contributed by atoms with van der Waals surface area (Å²) >= 11 is 0. The summed E-state index contributed by atoms with van der Waals surface area (Å²) in [7, 11) is 1.81. The van der Waals surface area contributed by atoms with E-state index in [-0.39, 0.29) is 0 Å². The average Bonchev–Trinajstić information content (AvgIpc) is 2.94. The van der Waals surface area contributed by atoms with Gasteiger partial charge < -0.3 is 14.6 Å². The predicted molar refractivity (Wildman–Crippen MR) is 63.3 cm³/mol. The van der Waals surface area contributed by atoms with E-state index in [0.717, 1.165) is 19.5 Å². The van der Waals surface area contributed by atoms with Crippen molar-refractivity contribution in [2.45, 2.75) is 44.9 Å². The molecule has 0 aromatic carbocycles. The third-order valence-electron chi connectivity index (χ3n) is 3.39. The Morgan fingerprint density at radius 1 is 1.56 bits per heavy atom. The number of hydrogen-bond donors (Lipinski definition) is 1. The topological polar surface area (TPSA) is 39.1 Å². The maximum absolute atomic E-state index is 5.41. The lowest BCUT2D eigenvalue weighted by atomic mass is 10.2. The largest absolute Gasteiger partial charge is 0.381 e. The summed E-state index contributed by atoms with van der Waals surface area (Å²) in [6.45, 7) is 4.03. The van der Waals surface area contributed by atoms with Gasteiger partial charge in [0.25, 0.3) is 0 Å². The fraction of sp³-hybridized carbons (Fsp3) is 0.750. The number of ether oxygens (including phenoxy) is 1. The molecule has 0 saturated heterocycles. The van der Waals surface area contributed by atoms with Crippen LogP contribution in [0.25, 0.3) is 0 Å². The molecule has 0 aliphatic heterocycles. The molecule has 0 bridgehead atoms. The minimum Gasteiger partial charge on any atom is -0.381 e. The Labute approximate surface area is 97.0 Å². The molecule has 1 aliphatic carbocycles. The number of rotatable bonds is 5. The molecule has 1 heterocycles. The summed E-state index contributed by atoms with van der Waals surface area (Å²) < 4.78 is 7.72. The van der Waals surface area contributed by atoms with E-state index in [0.29, 0.717) is 12.1 Å². The van der Waals surface area contributed by atoms with E-state index < -0.39 is 0 Å². The van der Waals surface area contributed by atoms with E-state index in [4.69, 9.17) is 4.74 Å². The molecule has 1 N–H and O–H groups in total. The number of imidazole rings is 1. The van der Waals surface area contributed by atoms with Gasteiger partial charge in [0.15, 0.2) is 0 Å². The molecular weight excluding hydrogens is 202 g/mol. The van der Waals surface area contributed by atoms with E-state index in [1.165, 1.54) is 18.5 Å². The second kappa shape index (κ2) is 5.46. The van der Waals surface area contributed by atoms with Gasteiger partial charge in [0.2, 0.25) is 0 Å². The first-order valence-electron chi connectivity index (χ1n) is 6.09. The van der Waals surface area contributed by atoms with Gasteiger partial charge in [-0.2, -0.15) is 0 Å². The Bertz CT molecular complexity index is 324. The zero-order valence-corrected chi connectivity index (χ0v) is 10.1. The lowest BCUT2D eigenvalue weighted by molar-refractivity contribution is 0.105. The minimum atomic E-state index is 0.430. The van der Waals surface area contributed by atoms with Crippen LogP contribution in [-0.2, 0) is 11.3 Å². The number of nitrogens with zero attached hydrogens (tertiary/aromatic N) is 2. The van der Waals surface area contributed by atoms with Gasteiger partial charge in [0.05, 0.1) is 18.1 Å². The Morgan fingerprint density at radius 2 is 2.44 bits per heavy atom. The van der Waals surface area contributed by atoms with Gasteiger partial charge in [0, 0.05) is 25.9 Å². The van der Waals surface area contributed by atoms with Crippen LogP contribution in [0.15, 0.2) is 12.5 Å². The van der Waals surface area contributed by atoms with E-state index in [1.54, 1.807) is 7.11 Å². The lowest BCUT2D eigenvalue weighted by Gasteiger charge is -2.15. The third-order valence-corrected chi connectivity index (χ3v) is 3.39. The molecule has 1 aromatic rings. The van der Waals surface area contributed by atoms with Crippen LogP contribution >= 0.6 is 0 Å². The number of nitrogens with one attached hydrogen (secondary N) is 1. The van der Waals surface area contributed by atoms with Gasteiger partial charge in [-0.3, -0.25) is 0 Å². The highest BCUT2D eigenvalue weighted by Crippen LogP contribution is 2.32. The van der Waals surface area contributed by atoms with Gasteiger partial charge in [-0.1, -0.05) is 6.92 Å². The van der Waals surface area contributed by atoms with Crippen LogP contribution in [0.4, 0.5) is 0 Å². The van der Waals surface area contributed by atoms with Gasteiger partial charge in [-0.05, 0) is 25.8 Å². The number of aromatic nitrogens is 2. The molecule has 16 heavy (non-hydrogen) atoms. The molecule has 2 unspecified atom stereocenters. The fourth-order valence-corrected chi connectivity index (χ4v) is 2.43. The van der Waals surface area contributed by atoms with E-state index in [9.17, 15) is 0 Å².